The molecule has 0 saturated heterocycles. The molecule has 2 aromatic carbocycles. The average Bonchev–Trinajstić information content (AvgIpc) is 2.34. The molecular formula is C14H15KO3S. The van der Waals surface area contributed by atoms with Crippen molar-refractivity contribution in [2.75, 3.05) is 0 Å². The van der Waals surface area contributed by atoms with Crippen molar-refractivity contribution in [3.05, 3.63) is 42.0 Å². The second kappa shape index (κ2) is 7.31. The number of aryl methyl sites for hydroxylation is 1. The third-order valence-corrected chi connectivity index (χ3v) is 3.82. The smallest absolute Gasteiger partial charge is 0.744 e. The molecule has 0 radical (unpaired) electrons. The van der Waals surface area contributed by atoms with Crippen LogP contribution in [0.4, 0.5) is 0 Å². The molecule has 0 fully saturated rings. The normalized spacial score (nSPS) is 11.3. The molecule has 0 aromatic heterocycles. The Morgan fingerprint density at radius 1 is 1.05 bits per heavy atom. The molecule has 0 aliphatic heterocycles. The molecule has 0 heterocycles. The van der Waals surface area contributed by atoms with Gasteiger partial charge in [-0.1, -0.05) is 37.6 Å². The SMILES string of the molecule is CCCCc1ccc2ccc(S(=O)(=O)[O-])cc2c1.[K+]. The summed E-state index contributed by atoms with van der Waals surface area (Å²) >= 11 is 0. The molecule has 2 rings (SSSR count). The molecule has 0 atom stereocenters. The van der Waals surface area contributed by atoms with E-state index in [0.717, 1.165) is 30.0 Å². The fourth-order valence-electron chi connectivity index (χ4n) is 1.97. The van der Waals surface area contributed by atoms with Gasteiger partial charge in [-0.25, -0.2) is 8.42 Å². The fraction of sp³-hybridized carbons (Fsp3) is 0.286. The Labute approximate surface area is 156 Å². The summed E-state index contributed by atoms with van der Waals surface area (Å²) in [4.78, 5) is -0.164. The van der Waals surface area contributed by atoms with Gasteiger partial charge in [0.2, 0.25) is 0 Å². The van der Waals surface area contributed by atoms with Crippen molar-refractivity contribution in [1.29, 1.82) is 0 Å². The molecule has 0 aliphatic carbocycles. The number of rotatable bonds is 4. The van der Waals surface area contributed by atoms with E-state index in [1.165, 1.54) is 17.7 Å². The maximum Gasteiger partial charge on any atom is 1.00 e. The predicted molar refractivity (Wildman–Crippen MR) is 70.5 cm³/mol. The van der Waals surface area contributed by atoms with Crippen molar-refractivity contribution in [3.63, 3.8) is 0 Å². The number of unbranched alkanes of at least 4 members (excludes halogenated alkanes) is 1. The Bertz CT molecular complexity index is 665. The van der Waals surface area contributed by atoms with Crippen LogP contribution in [0.1, 0.15) is 25.3 Å². The van der Waals surface area contributed by atoms with Gasteiger partial charge in [-0.2, -0.15) is 0 Å². The second-order valence-corrected chi connectivity index (χ2v) is 5.78. The maximum absolute atomic E-state index is 11.0. The van der Waals surface area contributed by atoms with Gasteiger partial charge in [0.1, 0.15) is 10.1 Å². The minimum Gasteiger partial charge on any atom is -0.744 e. The first-order valence-electron chi connectivity index (χ1n) is 5.99. The monoisotopic (exact) mass is 302 g/mol. The fourth-order valence-corrected chi connectivity index (χ4v) is 2.47. The summed E-state index contributed by atoms with van der Waals surface area (Å²) in [7, 11) is -4.37. The van der Waals surface area contributed by atoms with Gasteiger partial charge in [0.15, 0.2) is 0 Å². The quantitative estimate of drug-likeness (QED) is 0.594. The topological polar surface area (TPSA) is 57.2 Å². The van der Waals surface area contributed by atoms with Crippen LogP contribution in [0.3, 0.4) is 0 Å². The third-order valence-electron chi connectivity index (χ3n) is 2.98. The van der Waals surface area contributed by atoms with Crippen molar-refractivity contribution in [2.24, 2.45) is 0 Å². The second-order valence-electron chi connectivity index (χ2n) is 4.40. The van der Waals surface area contributed by atoms with Crippen LogP contribution in [-0.4, -0.2) is 13.0 Å². The molecule has 0 aliphatic rings. The van der Waals surface area contributed by atoms with Crippen molar-refractivity contribution in [3.8, 4) is 0 Å². The summed E-state index contributed by atoms with van der Waals surface area (Å²) < 4.78 is 32.9. The molecule has 0 spiro atoms. The van der Waals surface area contributed by atoms with E-state index < -0.39 is 10.1 Å². The summed E-state index contributed by atoms with van der Waals surface area (Å²) in [5.41, 5.74) is 1.17. The molecule has 0 saturated carbocycles. The first-order chi connectivity index (χ1) is 8.50. The Morgan fingerprint density at radius 2 is 1.74 bits per heavy atom. The third kappa shape index (κ3) is 4.63. The zero-order valence-corrected chi connectivity index (χ0v) is 15.2. The van der Waals surface area contributed by atoms with Crippen molar-refractivity contribution < 1.29 is 64.4 Å². The van der Waals surface area contributed by atoms with Gasteiger partial charge >= 0.3 is 51.4 Å². The van der Waals surface area contributed by atoms with E-state index in [-0.39, 0.29) is 56.3 Å². The van der Waals surface area contributed by atoms with Crippen molar-refractivity contribution >= 4 is 20.9 Å². The molecular weight excluding hydrogens is 287 g/mol. The van der Waals surface area contributed by atoms with E-state index >= 15 is 0 Å². The summed E-state index contributed by atoms with van der Waals surface area (Å²) in [5.74, 6) is 0. The number of hydrogen-bond donors (Lipinski definition) is 0. The minimum atomic E-state index is -4.37. The first kappa shape index (κ1) is 17.3. The molecule has 3 nitrogen and oxygen atoms in total. The zero-order valence-electron chi connectivity index (χ0n) is 11.2. The van der Waals surface area contributed by atoms with Crippen LogP contribution in [0.15, 0.2) is 41.3 Å². The van der Waals surface area contributed by atoms with Gasteiger partial charge in [0.05, 0.1) is 4.90 Å². The van der Waals surface area contributed by atoms with Crippen molar-refractivity contribution in [2.45, 2.75) is 31.1 Å². The number of benzene rings is 2. The molecule has 0 amide bonds. The molecule has 0 bridgehead atoms. The maximum atomic E-state index is 11.0. The van der Waals surface area contributed by atoms with Gasteiger partial charge in [-0.15, -0.1) is 0 Å². The molecule has 0 unspecified atom stereocenters. The van der Waals surface area contributed by atoms with Gasteiger partial charge < -0.3 is 4.55 Å². The summed E-state index contributed by atoms with van der Waals surface area (Å²) in [6.45, 7) is 2.13. The van der Waals surface area contributed by atoms with Crippen LogP contribution >= 0.6 is 0 Å². The molecule has 0 N–H and O–H groups in total. The Hall–Kier alpha value is 0.246. The number of fused-ring (bicyclic) bond motifs is 1. The van der Waals surface area contributed by atoms with E-state index in [1.807, 2.05) is 18.2 Å². The van der Waals surface area contributed by atoms with Gasteiger partial charge in [-0.05, 0) is 41.3 Å². The molecule has 96 valence electrons. The standard InChI is InChI=1S/C14H16O3S.K/c1-2-3-4-11-5-6-12-7-8-14(18(15,16)17)10-13(12)9-11;/h5-10H,2-4H2,1H3,(H,15,16,17);/q;+1/p-1. The van der Waals surface area contributed by atoms with Crippen LogP contribution < -0.4 is 51.4 Å². The van der Waals surface area contributed by atoms with Gasteiger partial charge in [-0.3, -0.25) is 0 Å². The first-order valence-corrected chi connectivity index (χ1v) is 7.40. The molecule has 19 heavy (non-hydrogen) atoms. The Morgan fingerprint density at radius 3 is 2.37 bits per heavy atom. The summed E-state index contributed by atoms with van der Waals surface area (Å²) in [6, 6.07) is 10.4. The van der Waals surface area contributed by atoms with E-state index in [9.17, 15) is 13.0 Å². The van der Waals surface area contributed by atoms with E-state index in [1.54, 1.807) is 6.07 Å². The van der Waals surface area contributed by atoms with E-state index in [0.29, 0.717) is 0 Å². The van der Waals surface area contributed by atoms with Gasteiger partial charge in [0, 0.05) is 0 Å². The van der Waals surface area contributed by atoms with Crippen LogP contribution in [0.25, 0.3) is 10.8 Å². The van der Waals surface area contributed by atoms with Crippen molar-refractivity contribution in [1.82, 2.24) is 0 Å². The molecule has 5 heteroatoms. The van der Waals surface area contributed by atoms with Crippen LogP contribution in [0.5, 0.6) is 0 Å². The predicted octanol–water partition coefficient (Wildman–Crippen LogP) is 0.0905. The van der Waals surface area contributed by atoms with E-state index in [4.69, 9.17) is 0 Å². The van der Waals surface area contributed by atoms with E-state index in [2.05, 4.69) is 6.92 Å². The Kier molecular flexibility index (Phi) is 6.66. The number of hydrogen-bond acceptors (Lipinski definition) is 3. The average molecular weight is 302 g/mol. The summed E-state index contributed by atoms with van der Waals surface area (Å²) in [6.07, 6.45) is 3.19. The van der Waals surface area contributed by atoms with Crippen LogP contribution in [0.2, 0.25) is 0 Å². The van der Waals surface area contributed by atoms with Crippen LogP contribution in [-0.2, 0) is 16.5 Å². The summed E-state index contributed by atoms with van der Waals surface area (Å²) in [5, 5.41) is 1.75. The minimum absolute atomic E-state index is 0. The Balaban J connectivity index is 0.00000180. The largest absolute Gasteiger partial charge is 1.00 e. The van der Waals surface area contributed by atoms with Crippen LogP contribution in [0, 0.1) is 0 Å². The molecule has 2 aromatic rings. The van der Waals surface area contributed by atoms with Gasteiger partial charge in [0.25, 0.3) is 0 Å². The zero-order chi connectivity index (χ0) is 13.2.